The van der Waals surface area contributed by atoms with Crippen molar-refractivity contribution < 1.29 is 5.11 Å². The molecule has 0 saturated heterocycles. The summed E-state index contributed by atoms with van der Waals surface area (Å²) in [6.07, 6.45) is -1.14. The summed E-state index contributed by atoms with van der Waals surface area (Å²) in [6.45, 7) is 0. The van der Waals surface area contributed by atoms with Gasteiger partial charge < -0.3 is 16.2 Å². The Labute approximate surface area is 46.5 Å². The average Bonchev–Trinajstić information content (AvgIpc) is 1.27. The molecule has 0 amide bonds. The van der Waals surface area contributed by atoms with Gasteiger partial charge in [0.05, 0.1) is 0 Å². The number of aliphatic hydroxyl groups is 1. The standard InChI is InChI=1S/C2H7N3OS/c3-1(6)5-2(4)7/h1,6H,3H2,(H3,4,5,7). The van der Waals surface area contributed by atoms with Crippen LogP contribution in [0.25, 0.3) is 0 Å². The zero-order valence-electron chi connectivity index (χ0n) is 3.59. The van der Waals surface area contributed by atoms with Crippen LogP contribution >= 0.6 is 12.2 Å². The van der Waals surface area contributed by atoms with E-state index >= 15 is 0 Å². The van der Waals surface area contributed by atoms with Gasteiger partial charge in [0.25, 0.3) is 0 Å². The number of thiocarbonyl (C=S) groups is 1. The molecule has 1 atom stereocenters. The van der Waals surface area contributed by atoms with Gasteiger partial charge in [0.15, 0.2) is 11.5 Å². The van der Waals surface area contributed by atoms with Gasteiger partial charge in [-0.3, -0.25) is 5.73 Å². The third-order valence-corrected chi connectivity index (χ3v) is 0.408. The Balaban J connectivity index is 3.13. The molecule has 0 aromatic rings. The first-order valence-electron chi connectivity index (χ1n) is 1.62. The van der Waals surface area contributed by atoms with Crippen molar-refractivity contribution in [3.8, 4) is 0 Å². The maximum Gasteiger partial charge on any atom is 0.180 e. The first-order valence-corrected chi connectivity index (χ1v) is 2.03. The topological polar surface area (TPSA) is 84.3 Å². The molecule has 0 radical (unpaired) electrons. The molecule has 0 heterocycles. The molecule has 6 N–H and O–H groups in total. The van der Waals surface area contributed by atoms with Crippen LogP contribution in [0, 0.1) is 0 Å². The highest BCUT2D eigenvalue weighted by Crippen LogP contribution is 1.57. The lowest BCUT2D eigenvalue weighted by molar-refractivity contribution is 0.168. The number of aliphatic hydroxyl groups excluding tert-OH is 1. The second kappa shape index (κ2) is 2.73. The number of nitrogens with two attached hydrogens (primary N) is 2. The molecule has 0 aliphatic heterocycles. The smallest absolute Gasteiger partial charge is 0.180 e. The molecule has 4 nitrogen and oxygen atoms in total. The molecule has 1 unspecified atom stereocenters. The molecule has 0 fully saturated rings. The molecular formula is C2H7N3OS. The minimum Gasteiger partial charge on any atom is -0.376 e. The van der Waals surface area contributed by atoms with Crippen molar-refractivity contribution in [2.75, 3.05) is 0 Å². The van der Waals surface area contributed by atoms with Gasteiger partial charge in [0.1, 0.15) is 0 Å². The fourth-order valence-electron chi connectivity index (χ4n) is 0.146. The maximum atomic E-state index is 8.22. The Bertz CT molecular complexity index is 73.3. The third-order valence-electron chi connectivity index (χ3n) is 0.290. The Hall–Kier alpha value is -0.390. The number of hydrogen-bond acceptors (Lipinski definition) is 3. The summed E-state index contributed by atoms with van der Waals surface area (Å²) >= 11 is 4.30. The number of nitrogens with one attached hydrogen (secondary N) is 1. The van der Waals surface area contributed by atoms with E-state index in [1.807, 2.05) is 0 Å². The summed E-state index contributed by atoms with van der Waals surface area (Å²) in [5.41, 5.74) is 9.64. The Morgan fingerprint density at radius 1 is 1.86 bits per heavy atom. The van der Waals surface area contributed by atoms with E-state index in [4.69, 9.17) is 16.6 Å². The molecule has 0 aliphatic carbocycles. The van der Waals surface area contributed by atoms with E-state index < -0.39 is 6.35 Å². The van der Waals surface area contributed by atoms with E-state index in [1.54, 1.807) is 0 Å². The van der Waals surface area contributed by atoms with Crippen LogP contribution in [-0.2, 0) is 0 Å². The predicted octanol–water partition coefficient (Wildman–Crippen LogP) is -1.95. The van der Waals surface area contributed by atoms with Crippen LogP contribution in [0.15, 0.2) is 0 Å². The zero-order chi connectivity index (χ0) is 5.86. The molecule has 0 aliphatic rings. The van der Waals surface area contributed by atoms with E-state index in [1.165, 1.54) is 0 Å². The second-order valence-corrected chi connectivity index (χ2v) is 1.39. The maximum absolute atomic E-state index is 8.22. The van der Waals surface area contributed by atoms with Gasteiger partial charge in [0, 0.05) is 0 Å². The van der Waals surface area contributed by atoms with Crippen molar-refractivity contribution in [1.82, 2.24) is 5.32 Å². The summed E-state index contributed by atoms with van der Waals surface area (Å²) in [4.78, 5) is 0. The summed E-state index contributed by atoms with van der Waals surface area (Å²) in [6, 6.07) is 0. The summed E-state index contributed by atoms with van der Waals surface area (Å²) in [5, 5.41) is 10.4. The quantitative estimate of drug-likeness (QED) is 0.239. The van der Waals surface area contributed by atoms with E-state index in [2.05, 4.69) is 17.5 Å². The van der Waals surface area contributed by atoms with Crippen LogP contribution in [0.2, 0.25) is 0 Å². The summed E-state index contributed by atoms with van der Waals surface area (Å²) in [5.74, 6) is 0. The van der Waals surface area contributed by atoms with E-state index in [0.29, 0.717) is 0 Å². The van der Waals surface area contributed by atoms with Gasteiger partial charge in [-0.05, 0) is 12.2 Å². The highest BCUT2D eigenvalue weighted by atomic mass is 32.1. The molecule has 0 spiro atoms. The molecule has 5 heteroatoms. The Morgan fingerprint density at radius 2 is 2.29 bits per heavy atom. The predicted molar refractivity (Wildman–Crippen MR) is 30.1 cm³/mol. The first-order chi connectivity index (χ1) is 3.13. The van der Waals surface area contributed by atoms with Crippen molar-refractivity contribution in [1.29, 1.82) is 0 Å². The Morgan fingerprint density at radius 3 is 2.29 bits per heavy atom. The lowest BCUT2D eigenvalue weighted by atomic mass is 10.9. The molecule has 0 aromatic carbocycles. The van der Waals surface area contributed by atoms with Gasteiger partial charge >= 0.3 is 0 Å². The van der Waals surface area contributed by atoms with Crippen molar-refractivity contribution in [2.45, 2.75) is 6.35 Å². The lowest BCUT2D eigenvalue weighted by Crippen LogP contribution is -2.43. The van der Waals surface area contributed by atoms with Crippen LogP contribution in [0.5, 0.6) is 0 Å². The van der Waals surface area contributed by atoms with Gasteiger partial charge in [-0.2, -0.15) is 0 Å². The molecule has 7 heavy (non-hydrogen) atoms. The molecule has 0 saturated carbocycles. The molecular weight excluding hydrogens is 114 g/mol. The molecule has 42 valence electrons. The van der Waals surface area contributed by atoms with Crippen LogP contribution in [-0.4, -0.2) is 16.6 Å². The summed E-state index contributed by atoms with van der Waals surface area (Å²) < 4.78 is 0. The fourth-order valence-corrected chi connectivity index (χ4v) is 0.266. The largest absolute Gasteiger partial charge is 0.376 e. The second-order valence-electron chi connectivity index (χ2n) is 0.953. The SMILES string of the molecule is NC(=S)NC(N)O. The molecule has 0 rings (SSSR count). The van der Waals surface area contributed by atoms with Gasteiger partial charge in [-0.25, -0.2) is 0 Å². The fraction of sp³-hybridized carbons (Fsp3) is 0.500. The van der Waals surface area contributed by atoms with Crippen molar-refractivity contribution in [3.05, 3.63) is 0 Å². The van der Waals surface area contributed by atoms with Gasteiger partial charge in [0.2, 0.25) is 0 Å². The minimum absolute atomic E-state index is 0.00463. The van der Waals surface area contributed by atoms with Crippen molar-refractivity contribution in [3.63, 3.8) is 0 Å². The summed E-state index contributed by atoms with van der Waals surface area (Å²) in [7, 11) is 0. The number of rotatable bonds is 1. The van der Waals surface area contributed by atoms with Crippen LogP contribution in [0.1, 0.15) is 0 Å². The van der Waals surface area contributed by atoms with E-state index in [-0.39, 0.29) is 5.11 Å². The van der Waals surface area contributed by atoms with Crippen molar-refractivity contribution >= 4 is 17.3 Å². The van der Waals surface area contributed by atoms with E-state index in [0.717, 1.165) is 0 Å². The zero-order valence-corrected chi connectivity index (χ0v) is 4.40. The normalized spacial score (nSPS) is 12.9. The third kappa shape index (κ3) is 5.61. The van der Waals surface area contributed by atoms with Gasteiger partial charge in [-0.1, -0.05) is 0 Å². The lowest BCUT2D eigenvalue weighted by Gasteiger charge is -2.03. The van der Waals surface area contributed by atoms with E-state index in [9.17, 15) is 0 Å². The first kappa shape index (κ1) is 6.61. The highest BCUT2D eigenvalue weighted by molar-refractivity contribution is 7.80. The molecule has 0 bridgehead atoms. The van der Waals surface area contributed by atoms with Crippen molar-refractivity contribution in [2.24, 2.45) is 11.5 Å². The monoisotopic (exact) mass is 121 g/mol. The average molecular weight is 121 g/mol. The highest BCUT2D eigenvalue weighted by Gasteiger charge is 1.89. The van der Waals surface area contributed by atoms with Crippen LogP contribution in [0.4, 0.5) is 0 Å². The number of hydrogen-bond donors (Lipinski definition) is 4. The Kier molecular flexibility index (Phi) is 2.58. The molecule has 0 aromatic heterocycles. The minimum atomic E-state index is -1.14. The van der Waals surface area contributed by atoms with Gasteiger partial charge in [-0.15, -0.1) is 0 Å². The van der Waals surface area contributed by atoms with Crippen LogP contribution < -0.4 is 16.8 Å². The van der Waals surface area contributed by atoms with Crippen LogP contribution in [0.3, 0.4) is 0 Å².